The first kappa shape index (κ1) is 16.9. The maximum Gasteiger partial charge on any atom is 0.331 e. The Kier molecular flexibility index (Phi) is 3.74. The standard InChI is InChI=1S/C16H18N4O5/c1-9(2)19-14(22)16(13(21)17-15(19)23)7-10-6-11(20(24)25)4-5-12(10)18(3)8-16/h4-6,9H,7-8H2,1-3H3,(H,17,21,23)/t16-/m0/s1. The van der Waals surface area contributed by atoms with E-state index in [4.69, 9.17) is 0 Å². The minimum atomic E-state index is -1.48. The zero-order chi connectivity index (χ0) is 18.5. The van der Waals surface area contributed by atoms with Crippen LogP contribution in [0.1, 0.15) is 19.4 Å². The molecule has 0 saturated carbocycles. The number of imide groups is 2. The van der Waals surface area contributed by atoms with Crippen molar-refractivity contribution in [1.29, 1.82) is 0 Å². The number of carbonyl (C=O) groups is 3. The minimum Gasteiger partial charge on any atom is -0.373 e. The second-order valence-electron chi connectivity index (χ2n) is 6.71. The smallest absolute Gasteiger partial charge is 0.331 e. The summed E-state index contributed by atoms with van der Waals surface area (Å²) < 4.78 is 0. The number of fused-ring (bicyclic) bond motifs is 1. The van der Waals surface area contributed by atoms with E-state index in [2.05, 4.69) is 5.32 Å². The van der Waals surface area contributed by atoms with Crippen LogP contribution in [0.15, 0.2) is 18.2 Å². The monoisotopic (exact) mass is 346 g/mol. The number of carbonyl (C=O) groups excluding carboxylic acids is 3. The summed E-state index contributed by atoms with van der Waals surface area (Å²) in [5, 5.41) is 13.3. The number of urea groups is 1. The van der Waals surface area contributed by atoms with Crippen LogP contribution in [-0.2, 0) is 16.0 Å². The Balaban J connectivity index is 2.09. The first-order valence-electron chi connectivity index (χ1n) is 7.85. The Labute approximate surface area is 143 Å². The van der Waals surface area contributed by atoms with E-state index >= 15 is 0 Å². The van der Waals surface area contributed by atoms with E-state index in [1.54, 1.807) is 31.9 Å². The first-order chi connectivity index (χ1) is 11.7. The lowest BCUT2D eigenvalue weighted by Crippen LogP contribution is -2.69. The summed E-state index contributed by atoms with van der Waals surface area (Å²) in [6.45, 7) is 3.47. The normalized spacial score (nSPS) is 23.1. The summed E-state index contributed by atoms with van der Waals surface area (Å²) in [5.41, 5.74) is -0.325. The highest BCUT2D eigenvalue weighted by Crippen LogP contribution is 2.40. The molecule has 0 radical (unpaired) electrons. The van der Waals surface area contributed by atoms with Crippen LogP contribution in [0, 0.1) is 15.5 Å². The van der Waals surface area contributed by atoms with Crippen LogP contribution in [0.2, 0.25) is 0 Å². The molecular weight excluding hydrogens is 328 g/mol. The zero-order valence-electron chi connectivity index (χ0n) is 14.1. The third-order valence-electron chi connectivity index (χ3n) is 4.70. The molecule has 9 heteroatoms. The second kappa shape index (κ2) is 5.54. The van der Waals surface area contributed by atoms with Gasteiger partial charge in [-0.05, 0) is 31.9 Å². The van der Waals surface area contributed by atoms with Gasteiger partial charge in [0.25, 0.3) is 5.69 Å². The number of hydrogen-bond acceptors (Lipinski definition) is 6. The molecule has 1 aromatic rings. The van der Waals surface area contributed by atoms with Crippen molar-refractivity contribution in [2.45, 2.75) is 26.3 Å². The van der Waals surface area contributed by atoms with Crippen molar-refractivity contribution in [3.63, 3.8) is 0 Å². The molecule has 1 saturated heterocycles. The number of nitrogens with zero attached hydrogens (tertiary/aromatic N) is 3. The summed E-state index contributed by atoms with van der Waals surface area (Å²) in [7, 11) is 1.71. The predicted molar refractivity (Wildman–Crippen MR) is 88.0 cm³/mol. The zero-order valence-corrected chi connectivity index (χ0v) is 14.1. The topological polar surface area (TPSA) is 113 Å². The fourth-order valence-corrected chi connectivity index (χ4v) is 3.53. The van der Waals surface area contributed by atoms with E-state index < -0.39 is 34.2 Å². The summed E-state index contributed by atoms with van der Waals surface area (Å²) in [6.07, 6.45) is 0.00944. The molecule has 1 atom stereocenters. The van der Waals surface area contributed by atoms with Crippen LogP contribution in [0.25, 0.3) is 0 Å². The van der Waals surface area contributed by atoms with Gasteiger partial charge in [-0.3, -0.25) is 29.9 Å². The van der Waals surface area contributed by atoms with Gasteiger partial charge in [-0.2, -0.15) is 0 Å². The van der Waals surface area contributed by atoms with E-state index in [0.717, 1.165) is 10.6 Å². The second-order valence-corrected chi connectivity index (χ2v) is 6.71. The van der Waals surface area contributed by atoms with Crippen molar-refractivity contribution in [1.82, 2.24) is 10.2 Å². The molecule has 0 aromatic heterocycles. The maximum absolute atomic E-state index is 13.0. The third kappa shape index (κ3) is 2.43. The Hall–Kier alpha value is -2.97. The van der Waals surface area contributed by atoms with E-state index in [1.807, 2.05) is 0 Å². The lowest BCUT2D eigenvalue weighted by molar-refractivity contribution is -0.384. The highest BCUT2D eigenvalue weighted by Gasteiger charge is 2.56. The van der Waals surface area contributed by atoms with Crippen LogP contribution in [0.4, 0.5) is 16.2 Å². The number of rotatable bonds is 2. The number of nitrogens with one attached hydrogen (secondary N) is 1. The fourth-order valence-electron chi connectivity index (χ4n) is 3.53. The molecule has 4 amide bonds. The van der Waals surface area contributed by atoms with Crippen molar-refractivity contribution >= 4 is 29.2 Å². The van der Waals surface area contributed by atoms with Crippen LogP contribution < -0.4 is 10.2 Å². The summed E-state index contributed by atoms with van der Waals surface area (Å²) in [4.78, 5) is 50.9. The number of nitro groups is 1. The van der Waals surface area contributed by atoms with Gasteiger partial charge in [0.15, 0.2) is 0 Å². The Bertz CT molecular complexity index is 806. The molecule has 2 heterocycles. The molecule has 2 aliphatic rings. The van der Waals surface area contributed by atoms with Crippen molar-refractivity contribution in [2.24, 2.45) is 5.41 Å². The number of nitro benzene ring substituents is 1. The SMILES string of the molecule is CC(C)N1C(=O)NC(=O)[C@@]2(Cc3cc([N+](=O)[O-])ccc3N(C)C2)C1=O. The number of anilines is 1. The molecule has 3 rings (SSSR count). The van der Waals surface area contributed by atoms with Gasteiger partial charge >= 0.3 is 6.03 Å². The highest BCUT2D eigenvalue weighted by molar-refractivity contribution is 6.20. The molecule has 0 bridgehead atoms. The Morgan fingerprint density at radius 3 is 2.56 bits per heavy atom. The van der Waals surface area contributed by atoms with Gasteiger partial charge < -0.3 is 4.90 Å². The van der Waals surface area contributed by atoms with Crippen LogP contribution in [0.3, 0.4) is 0 Å². The van der Waals surface area contributed by atoms with Crippen molar-refractivity contribution in [3.8, 4) is 0 Å². The van der Waals surface area contributed by atoms with E-state index in [0.29, 0.717) is 5.56 Å². The van der Waals surface area contributed by atoms with Gasteiger partial charge in [-0.25, -0.2) is 4.79 Å². The number of hydrogen-bond donors (Lipinski definition) is 1. The lowest BCUT2D eigenvalue weighted by atomic mass is 9.74. The predicted octanol–water partition coefficient (Wildman–Crippen LogP) is 1.06. The van der Waals surface area contributed by atoms with Crippen LogP contribution in [-0.4, -0.2) is 47.3 Å². The Morgan fingerprint density at radius 1 is 1.28 bits per heavy atom. The van der Waals surface area contributed by atoms with Gasteiger partial charge in [0.05, 0.1) is 4.92 Å². The van der Waals surface area contributed by atoms with E-state index in [1.165, 1.54) is 12.1 Å². The van der Waals surface area contributed by atoms with Gasteiger partial charge in [0, 0.05) is 37.5 Å². The van der Waals surface area contributed by atoms with Crippen molar-refractivity contribution in [2.75, 3.05) is 18.5 Å². The lowest BCUT2D eigenvalue weighted by Gasteiger charge is -2.46. The quantitative estimate of drug-likeness (QED) is 0.487. The maximum atomic E-state index is 13.0. The van der Waals surface area contributed by atoms with Gasteiger partial charge in [0.1, 0.15) is 5.41 Å². The molecule has 0 unspecified atom stereocenters. The van der Waals surface area contributed by atoms with Crippen LogP contribution in [0.5, 0.6) is 0 Å². The molecule has 0 aliphatic carbocycles. The molecule has 1 N–H and O–H groups in total. The Morgan fingerprint density at radius 2 is 1.96 bits per heavy atom. The molecule has 25 heavy (non-hydrogen) atoms. The van der Waals surface area contributed by atoms with Gasteiger partial charge in [-0.1, -0.05) is 0 Å². The molecule has 1 spiro atoms. The van der Waals surface area contributed by atoms with Crippen molar-refractivity contribution < 1.29 is 19.3 Å². The summed E-state index contributed by atoms with van der Waals surface area (Å²) >= 11 is 0. The van der Waals surface area contributed by atoms with E-state index in [-0.39, 0.29) is 18.7 Å². The molecule has 1 aromatic carbocycles. The number of amides is 4. The highest BCUT2D eigenvalue weighted by atomic mass is 16.6. The fraction of sp³-hybridized carbons (Fsp3) is 0.438. The summed E-state index contributed by atoms with van der Waals surface area (Å²) in [6, 6.07) is 3.23. The number of benzene rings is 1. The largest absolute Gasteiger partial charge is 0.373 e. The molecular formula is C16H18N4O5. The average molecular weight is 346 g/mol. The number of barbiturate groups is 1. The molecule has 2 aliphatic heterocycles. The van der Waals surface area contributed by atoms with E-state index in [9.17, 15) is 24.5 Å². The third-order valence-corrected chi connectivity index (χ3v) is 4.70. The molecule has 132 valence electrons. The first-order valence-corrected chi connectivity index (χ1v) is 7.85. The van der Waals surface area contributed by atoms with Gasteiger partial charge in [0.2, 0.25) is 11.8 Å². The van der Waals surface area contributed by atoms with Crippen molar-refractivity contribution in [3.05, 3.63) is 33.9 Å². The average Bonchev–Trinajstić information content (AvgIpc) is 2.52. The molecule has 9 nitrogen and oxygen atoms in total. The summed E-state index contributed by atoms with van der Waals surface area (Å²) in [5.74, 6) is -1.23. The van der Waals surface area contributed by atoms with Gasteiger partial charge in [-0.15, -0.1) is 0 Å². The van der Waals surface area contributed by atoms with Crippen LogP contribution >= 0.6 is 0 Å². The molecule has 1 fully saturated rings. The number of non-ortho nitro benzene ring substituents is 1. The minimum absolute atomic E-state index is 0.00944.